The highest BCUT2D eigenvalue weighted by Gasteiger charge is 2.21. The minimum Gasteiger partial charge on any atom is -0.756 e. The Kier molecular flexibility index (Phi) is 43.6. The number of phosphoric ester groups is 1. The summed E-state index contributed by atoms with van der Waals surface area (Å²) in [5.74, 6) is -0.918. The van der Waals surface area contributed by atoms with Crippen molar-refractivity contribution in [2.45, 2.75) is 251 Å². The van der Waals surface area contributed by atoms with E-state index in [4.69, 9.17) is 18.5 Å². The molecule has 0 aliphatic rings. The van der Waals surface area contributed by atoms with E-state index in [1.807, 2.05) is 27.2 Å². The number of unbranched alkanes of at least 4 members (excludes halogenated alkanes) is 30. The standard InChI is InChI=1S/C52H100NO8P/c1-6-8-10-12-14-16-18-20-22-23-24-25-26-27-28-29-31-32-34-36-38-40-42-44-51(54)58-48-50(49-60-62(56,57)59-47-46-53(3,4)5)61-52(55)45-43-41-39-37-35-33-30-21-19-17-15-13-11-9-7-2/h36,38-39,41,50H,6-35,37,40,42-49H2,1-5H3/b38-36+,41-39+/t50-/m0/s1. The molecule has 0 aromatic rings. The molecule has 0 N–H and O–H groups in total. The number of phosphoric acid groups is 1. The second-order valence-corrected chi connectivity index (χ2v) is 20.3. The van der Waals surface area contributed by atoms with Gasteiger partial charge in [-0.25, -0.2) is 0 Å². The van der Waals surface area contributed by atoms with E-state index in [0.717, 1.165) is 25.7 Å². The van der Waals surface area contributed by atoms with Crippen LogP contribution in [0.3, 0.4) is 0 Å². The normalized spacial score (nSPS) is 13.6. The Morgan fingerprint density at radius 2 is 0.855 bits per heavy atom. The summed E-state index contributed by atoms with van der Waals surface area (Å²) in [4.78, 5) is 37.6. The van der Waals surface area contributed by atoms with Crippen LogP contribution in [-0.2, 0) is 32.7 Å². The molecule has 1 unspecified atom stereocenters. The highest BCUT2D eigenvalue weighted by atomic mass is 31.2. The maximum atomic E-state index is 12.7. The number of allylic oxidation sites excluding steroid dienone is 4. The zero-order chi connectivity index (χ0) is 45.7. The van der Waals surface area contributed by atoms with Crippen LogP contribution >= 0.6 is 7.82 Å². The van der Waals surface area contributed by atoms with E-state index < -0.39 is 32.5 Å². The molecule has 366 valence electrons. The number of carbonyl (C=O) groups excluding carboxylic acids is 2. The van der Waals surface area contributed by atoms with Gasteiger partial charge in [0.05, 0.1) is 27.7 Å². The van der Waals surface area contributed by atoms with E-state index in [-0.39, 0.29) is 26.1 Å². The lowest BCUT2D eigenvalue weighted by molar-refractivity contribution is -0.870. The topological polar surface area (TPSA) is 111 Å². The molecule has 0 saturated heterocycles. The summed E-state index contributed by atoms with van der Waals surface area (Å²) in [5, 5.41) is 0. The van der Waals surface area contributed by atoms with Crippen molar-refractivity contribution in [2.24, 2.45) is 0 Å². The average Bonchev–Trinajstić information content (AvgIpc) is 3.23. The van der Waals surface area contributed by atoms with Crippen LogP contribution in [0.1, 0.15) is 245 Å². The molecule has 0 aromatic heterocycles. The number of ether oxygens (including phenoxy) is 2. The molecule has 0 saturated carbocycles. The Bertz CT molecular complexity index is 1110. The molecule has 0 aromatic carbocycles. The molecule has 0 amide bonds. The zero-order valence-electron chi connectivity index (χ0n) is 41.3. The smallest absolute Gasteiger partial charge is 0.306 e. The third kappa shape index (κ3) is 48.0. The lowest BCUT2D eigenvalue weighted by atomic mass is 10.0. The summed E-state index contributed by atoms with van der Waals surface area (Å²) in [6.07, 6.45) is 51.0. The second kappa shape index (κ2) is 44.7. The first kappa shape index (κ1) is 60.5. The van der Waals surface area contributed by atoms with Gasteiger partial charge in [0.1, 0.15) is 19.8 Å². The molecule has 0 heterocycles. The Morgan fingerprint density at radius 3 is 1.26 bits per heavy atom. The maximum absolute atomic E-state index is 12.7. The van der Waals surface area contributed by atoms with Crippen molar-refractivity contribution in [3.8, 4) is 0 Å². The number of hydrogen-bond acceptors (Lipinski definition) is 8. The molecule has 0 spiro atoms. The maximum Gasteiger partial charge on any atom is 0.306 e. The Morgan fingerprint density at radius 1 is 0.484 bits per heavy atom. The molecular weight excluding hydrogens is 798 g/mol. The van der Waals surface area contributed by atoms with Crippen LogP contribution in [0.4, 0.5) is 0 Å². The first-order chi connectivity index (χ1) is 30.0. The van der Waals surface area contributed by atoms with Crippen molar-refractivity contribution in [3.63, 3.8) is 0 Å². The number of esters is 2. The SMILES string of the molecule is CCCCCCCCCCCCC/C=C/CCC(=O)O[C@@H](COC(=O)CCC/C=C/CCCCCCCCCCCCCCCCCCCC)COP(=O)([O-])OCC[N+](C)(C)C. The fourth-order valence-electron chi connectivity index (χ4n) is 7.38. The van der Waals surface area contributed by atoms with Gasteiger partial charge in [-0.2, -0.15) is 0 Å². The summed E-state index contributed by atoms with van der Waals surface area (Å²) >= 11 is 0. The average molecular weight is 898 g/mol. The quantitative estimate of drug-likeness (QED) is 0.0195. The molecular formula is C52H100NO8P. The van der Waals surface area contributed by atoms with Crippen LogP contribution in [0.25, 0.3) is 0 Å². The van der Waals surface area contributed by atoms with Gasteiger partial charge in [0.2, 0.25) is 0 Å². The van der Waals surface area contributed by atoms with Gasteiger partial charge < -0.3 is 27.9 Å². The first-order valence-electron chi connectivity index (χ1n) is 26.0. The van der Waals surface area contributed by atoms with E-state index in [2.05, 4.69) is 32.1 Å². The molecule has 9 nitrogen and oxygen atoms in total. The zero-order valence-corrected chi connectivity index (χ0v) is 42.2. The summed E-state index contributed by atoms with van der Waals surface area (Å²) in [5.41, 5.74) is 0. The van der Waals surface area contributed by atoms with Crippen molar-refractivity contribution >= 4 is 19.8 Å². The van der Waals surface area contributed by atoms with Gasteiger partial charge in [-0.05, 0) is 44.9 Å². The molecule has 0 radical (unpaired) electrons. The fourth-order valence-corrected chi connectivity index (χ4v) is 8.11. The largest absolute Gasteiger partial charge is 0.756 e. The molecule has 0 fully saturated rings. The molecule has 0 aliphatic carbocycles. The van der Waals surface area contributed by atoms with Crippen molar-refractivity contribution in [3.05, 3.63) is 24.3 Å². The van der Waals surface area contributed by atoms with Crippen molar-refractivity contribution in [2.75, 3.05) is 47.5 Å². The highest BCUT2D eigenvalue weighted by Crippen LogP contribution is 2.38. The molecule has 0 aliphatic heterocycles. The predicted octanol–water partition coefficient (Wildman–Crippen LogP) is 14.8. The van der Waals surface area contributed by atoms with E-state index in [0.29, 0.717) is 23.9 Å². The predicted molar refractivity (Wildman–Crippen MR) is 259 cm³/mol. The molecule has 0 bridgehead atoms. The van der Waals surface area contributed by atoms with Gasteiger partial charge in [-0.3, -0.25) is 14.2 Å². The first-order valence-corrected chi connectivity index (χ1v) is 27.5. The van der Waals surface area contributed by atoms with Crippen molar-refractivity contribution < 1.29 is 42.1 Å². The van der Waals surface area contributed by atoms with Gasteiger partial charge in [0.25, 0.3) is 7.82 Å². The monoisotopic (exact) mass is 898 g/mol. The van der Waals surface area contributed by atoms with Crippen molar-refractivity contribution in [1.29, 1.82) is 0 Å². The molecule has 62 heavy (non-hydrogen) atoms. The number of likely N-dealkylation sites (N-methyl/N-ethyl adjacent to an activating group) is 1. The molecule has 0 rings (SSSR count). The van der Waals surface area contributed by atoms with Crippen LogP contribution in [0.5, 0.6) is 0 Å². The number of quaternary nitrogens is 1. The number of hydrogen-bond donors (Lipinski definition) is 0. The van der Waals surface area contributed by atoms with Crippen molar-refractivity contribution in [1.82, 2.24) is 0 Å². The molecule has 2 atom stereocenters. The fraction of sp³-hybridized carbons (Fsp3) is 0.885. The van der Waals surface area contributed by atoms with E-state index in [9.17, 15) is 19.0 Å². The third-order valence-corrected chi connectivity index (χ3v) is 12.4. The van der Waals surface area contributed by atoms with Gasteiger partial charge in [-0.15, -0.1) is 0 Å². The molecule has 10 heteroatoms. The van der Waals surface area contributed by atoms with E-state index in [1.54, 1.807) is 0 Å². The van der Waals surface area contributed by atoms with Crippen LogP contribution in [0.15, 0.2) is 24.3 Å². The van der Waals surface area contributed by atoms with Crippen LogP contribution in [-0.4, -0.2) is 70.0 Å². The third-order valence-electron chi connectivity index (χ3n) is 11.5. The van der Waals surface area contributed by atoms with Crippen LogP contribution < -0.4 is 4.89 Å². The van der Waals surface area contributed by atoms with Gasteiger partial charge in [0.15, 0.2) is 6.10 Å². The Labute approximate surface area is 383 Å². The number of nitrogens with zero attached hydrogens (tertiary/aromatic N) is 1. The van der Waals surface area contributed by atoms with Crippen LogP contribution in [0, 0.1) is 0 Å². The summed E-state index contributed by atoms with van der Waals surface area (Å²) in [7, 11) is 1.14. The van der Waals surface area contributed by atoms with E-state index >= 15 is 0 Å². The second-order valence-electron chi connectivity index (χ2n) is 18.9. The van der Waals surface area contributed by atoms with Crippen LogP contribution in [0.2, 0.25) is 0 Å². The number of rotatable bonds is 48. The summed E-state index contributed by atoms with van der Waals surface area (Å²) in [6, 6.07) is 0. The minimum absolute atomic E-state index is 0.0384. The lowest BCUT2D eigenvalue weighted by Gasteiger charge is -2.28. The number of carbonyl (C=O) groups is 2. The lowest BCUT2D eigenvalue weighted by Crippen LogP contribution is -2.37. The summed E-state index contributed by atoms with van der Waals surface area (Å²) in [6.45, 7) is 4.20. The van der Waals surface area contributed by atoms with E-state index in [1.165, 1.54) is 180 Å². The van der Waals surface area contributed by atoms with Gasteiger partial charge in [-0.1, -0.05) is 212 Å². The highest BCUT2D eigenvalue weighted by molar-refractivity contribution is 7.45. The van der Waals surface area contributed by atoms with Gasteiger partial charge >= 0.3 is 11.9 Å². The Hall–Kier alpha value is -1.51. The van der Waals surface area contributed by atoms with Gasteiger partial charge in [0, 0.05) is 12.8 Å². The summed E-state index contributed by atoms with van der Waals surface area (Å²) < 4.78 is 33.9. The minimum atomic E-state index is -4.64. The Balaban J connectivity index is 4.23.